The topological polar surface area (TPSA) is 98.3 Å². The van der Waals surface area contributed by atoms with E-state index in [0.29, 0.717) is 0 Å². The molecule has 0 spiro atoms. The van der Waals surface area contributed by atoms with Gasteiger partial charge in [0.05, 0.1) is 4.92 Å². The fourth-order valence-electron chi connectivity index (χ4n) is 0.818. The Kier molecular flexibility index (Phi) is 2.56. The smallest absolute Gasteiger partial charge is 0.269 e. The van der Waals surface area contributed by atoms with E-state index in [1.807, 2.05) is 5.43 Å². The molecule has 0 aromatic heterocycles. The lowest BCUT2D eigenvalue weighted by Gasteiger charge is -1.97. The van der Waals surface area contributed by atoms with Crippen LogP contribution in [0, 0.1) is 10.1 Å². The molecule has 0 saturated carbocycles. The molecule has 0 radical (unpaired) electrons. The van der Waals surface area contributed by atoms with Crippen molar-refractivity contribution < 1.29 is 9.72 Å². The van der Waals surface area contributed by atoms with Gasteiger partial charge in [-0.05, 0) is 12.1 Å². The zero-order valence-electron chi connectivity index (χ0n) is 6.56. The molecule has 0 aliphatic rings. The Hall–Kier alpha value is -1.95. The largest absolute Gasteiger partial charge is 0.290 e. The van der Waals surface area contributed by atoms with Gasteiger partial charge in [-0.1, -0.05) is 0 Å². The second-order valence-electron chi connectivity index (χ2n) is 2.28. The minimum atomic E-state index is -0.538. The van der Waals surface area contributed by atoms with Crippen molar-refractivity contribution >= 4 is 11.6 Å². The number of hydrogen-bond acceptors (Lipinski definition) is 4. The lowest BCUT2D eigenvalue weighted by molar-refractivity contribution is -0.384. The van der Waals surface area contributed by atoms with Gasteiger partial charge in [-0.2, -0.15) is 0 Å². The lowest BCUT2D eigenvalue weighted by atomic mass is 9.90. The highest BCUT2D eigenvalue weighted by atomic mass is 16.6. The molecule has 0 unspecified atom stereocenters. The van der Waals surface area contributed by atoms with Crippen LogP contribution < -0.4 is 11.3 Å². The molecule has 1 aromatic rings. The fourth-order valence-corrected chi connectivity index (χ4v) is 0.818. The molecule has 1 rings (SSSR count). The molecule has 1 aromatic carbocycles. The van der Waals surface area contributed by atoms with E-state index in [9.17, 15) is 14.9 Å². The summed E-state index contributed by atoms with van der Waals surface area (Å²) in [5.41, 5.74) is 2.14. The zero-order chi connectivity index (χ0) is 9.84. The van der Waals surface area contributed by atoms with Crippen LogP contribution in [0.1, 0.15) is 10.4 Å². The molecule has 0 bridgehead atoms. The molecule has 0 fully saturated rings. The van der Waals surface area contributed by atoms with Crippen molar-refractivity contribution in [3.05, 3.63) is 39.9 Å². The molecule has 3 N–H and O–H groups in total. The number of non-ortho nitro benzene ring substituents is 1. The number of nitro groups is 1. The number of rotatable bonds is 2. The Labute approximate surface area is 73.5 Å². The molecule has 0 atom stereocenters. The highest BCUT2D eigenvalue weighted by Crippen LogP contribution is 2.11. The summed E-state index contributed by atoms with van der Waals surface area (Å²) in [5, 5.41) is 10.2. The number of nitro benzene ring substituents is 1. The van der Waals surface area contributed by atoms with E-state index < -0.39 is 10.8 Å². The monoisotopic (exact) mass is 180 g/mol. The number of carbonyl (C=O) groups is 1. The van der Waals surface area contributed by atoms with Crippen LogP contribution in [0.2, 0.25) is 0 Å². The van der Waals surface area contributed by atoms with E-state index in [1.54, 1.807) is 0 Å². The Morgan fingerprint density at radius 3 is 2.31 bits per heavy atom. The Morgan fingerprint density at radius 1 is 1.38 bits per heavy atom. The number of amides is 1. The quantitative estimate of drug-likeness (QED) is 0.294. The number of hydrogen-bond donors (Lipinski definition) is 2. The maximum absolute atomic E-state index is 10.9. The van der Waals surface area contributed by atoms with Crippen LogP contribution in [0.4, 0.5) is 5.69 Å². The van der Waals surface area contributed by atoms with E-state index in [2.05, 4.69) is 0 Å². The summed E-state index contributed by atoms with van der Waals surface area (Å²) in [4.78, 5) is 20.6. The van der Waals surface area contributed by atoms with Gasteiger partial charge in [-0.15, -0.1) is 0 Å². The fraction of sp³-hybridized carbons (Fsp3) is 0. The van der Waals surface area contributed by atoms with Gasteiger partial charge in [0.1, 0.15) is 0 Å². The van der Waals surface area contributed by atoms with Gasteiger partial charge in [-0.25, -0.2) is 5.84 Å². The number of nitrogens with one attached hydrogen (secondary N) is 1. The van der Waals surface area contributed by atoms with Gasteiger partial charge in [-0.3, -0.25) is 20.3 Å². The van der Waals surface area contributed by atoms with Crippen LogP contribution in [0.3, 0.4) is 0 Å². The van der Waals surface area contributed by atoms with E-state index in [4.69, 9.17) is 5.84 Å². The summed E-state index contributed by atoms with van der Waals surface area (Å²) in [6, 6.07) is 5.15. The Bertz CT molecular complexity index is 333. The molecule has 6 nitrogen and oxygen atoms in total. The minimum Gasteiger partial charge on any atom is -0.290 e. The summed E-state index contributed by atoms with van der Waals surface area (Å²) < 4.78 is 0. The summed E-state index contributed by atoms with van der Waals surface area (Å²) in [6.07, 6.45) is 0. The summed E-state index contributed by atoms with van der Waals surface area (Å²) >= 11 is 0. The molecule has 6 heteroatoms. The molecular formula is C7H7N3O3. The van der Waals surface area contributed by atoms with Gasteiger partial charge in [0.2, 0.25) is 0 Å². The third kappa shape index (κ3) is 2.00. The van der Waals surface area contributed by atoms with Crippen molar-refractivity contribution in [1.82, 2.24) is 5.43 Å². The van der Waals surface area contributed by atoms with Crippen LogP contribution in [0.5, 0.6) is 0 Å². The normalized spacial score (nSPS) is 9.31. The van der Waals surface area contributed by atoms with Gasteiger partial charge >= 0.3 is 0 Å². The van der Waals surface area contributed by atoms with Gasteiger partial charge in [0, 0.05) is 17.7 Å². The first kappa shape index (κ1) is 9.14. The van der Waals surface area contributed by atoms with Gasteiger partial charge in [0.25, 0.3) is 11.6 Å². The van der Waals surface area contributed by atoms with E-state index >= 15 is 0 Å². The number of hydrazine groups is 1. The molecule has 68 valence electrons. The molecule has 0 saturated heterocycles. The first-order valence-electron chi connectivity index (χ1n) is 3.40. The van der Waals surface area contributed by atoms with Crippen molar-refractivity contribution in [1.29, 1.82) is 0 Å². The van der Waals surface area contributed by atoms with Crippen LogP contribution >= 0.6 is 0 Å². The number of benzene rings is 1. The average molecular weight is 180 g/mol. The average Bonchev–Trinajstić information content (AvgIpc) is 2.17. The first-order valence-corrected chi connectivity index (χ1v) is 3.40. The van der Waals surface area contributed by atoms with Crippen LogP contribution in [-0.2, 0) is 0 Å². The molecule has 13 heavy (non-hydrogen) atoms. The van der Waals surface area contributed by atoms with Crippen molar-refractivity contribution in [3.63, 3.8) is 0 Å². The third-order valence-electron chi connectivity index (χ3n) is 1.47. The van der Waals surface area contributed by atoms with Crippen LogP contribution in [-0.4, -0.2) is 10.8 Å². The van der Waals surface area contributed by atoms with Gasteiger partial charge in [0.15, 0.2) is 0 Å². The van der Waals surface area contributed by atoms with Crippen LogP contribution in [0.15, 0.2) is 24.3 Å². The third-order valence-corrected chi connectivity index (χ3v) is 1.47. The maximum Gasteiger partial charge on any atom is 0.269 e. The number of nitrogen functional groups attached to an aromatic ring is 1. The Balaban J connectivity index is 2.93. The molecule has 0 aliphatic heterocycles. The standard InChI is InChI=1S/C7H7N3O3/c8-9-7(11)5-1-3-6(4-2-5)10(12)13/h1-4H,8H2,(H,9,11)/i7-1. The summed E-state index contributed by atoms with van der Waals surface area (Å²) in [7, 11) is 0. The SMILES string of the molecule is NN[11C](=O)c1ccc([N+](=O)[O-])cc1. The van der Waals surface area contributed by atoms with E-state index in [1.165, 1.54) is 24.3 Å². The van der Waals surface area contributed by atoms with Crippen molar-refractivity contribution in [2.75, 3.05) is 0 Å². The summed E-state index contributed by atoms with van der Waals surface area (Å²) in [5.74, 6) is 4.39. The second-order valence-corrected chi connectivity index (χ2v) is 2.28. The Morgan fingerprint density at radius 2 is 1.92 bits per heavy atom. The summed E-state index contributed by atoms with van der Waals surface area (Å²) in [6.45, 7) is 0. The molecular weight excluding hydrogens is 173 g/mol. The predicted octanol–water partition coefficient (Wildman–Crippen LogP) is 0.198. The highest BCUT2D eigenvalue weighted by molar-refractivity contribution is 5.93. The first-order chi connectivity index (χ1) is 6.15. The van der Waals surface area contributed by atoms with E-state index in [-0.39, 0.29) is 11.3 Å². The molecule has 1 amide bonds. The van der Waals surface area contributed by atoms with Gasteiger partial charge < -0.3 is 0 Å². The highest BCUT2D eigenvalue weighted by Gasteiger charge is 2.07. The van der Waals surface area contributed by atoms with Crippen molar-refractivity contribution in [2.24, 2.45) is 5.84 Å². The number of carbonyl (C=O) groups excluding carboxylic acids is 1. The number of nitrogens with zero attached hydrogens (tertiary/aromatic N) is 1. The lowest BCUT2D eigenvalue weighted by Crippen LogP contribution is -2.29. The minimum absolute atomic E-state index is 0.0615. The number of nitrogens with two attached hydrogens (primary N) is 1. The van der Waals surface area contributed by atoms with E-state index in [0.717, 1.165) is 0 Å². The second kappa shape index (κ2) is 3.63. The van der Waals surface area contributed by atoms with Crippen molar-refractivity contribution in [2.45, 2.75) is 0 Å². The maximum atomic E-state index is 10.9. The molecule has 0 aliphatic carbocycles. The zero-order valence-corrected chi connectivity index (χ0v) is 6.56. The predicted molar refractivity (Wildman–Crippen MR) is 44.8 cm³/mol. The van der Waals surface area contributed by atoms with Crippen LogP contribution in [0.25, 0.3) is 0 Å². The molecule has 0 heterocycles. The van der Waals surface area contributed by atoms with Crippen molar-refractivity contribution in [3.8, 4) is 0 Å².